The second kappa shape index (κ2) is 13.2. The molecule has 0 bridgehead atoms. The van der Waals surface area contributed by atoms with Crippen LogP contribution in [0, 0.1) is 5.41 Å². The van der Waals surface area contributed by atoms with E-state index in [1.54, 1.807) is 24.3 Å². The Labute approximate surface area is 196 Å². The number of nitrogens with one attached hydrogen (secondary N) is 2. The van der Waals surface area contributed by atoms with Crippen LogP contribution in [0.5, 0.6) is 0 Å². The molecule has 0 fully saturated rings. The summed E-state index contributed by atoms with van der Waals surface area (Å²) in [6, 6.07) is 14.4. The summed E-state index contributed by atoms with van der Waals surface area (Å²) in [6.07, 6.45) is 8.60. The summed E-state index contributed by atoms with van der Waals surface area (Å²) in [5.41, 5.74) is 8.80. The Bertz CT molecular complexity index is 985. The molecule has 1 amide bonds. The van der Waals surface area contributed by atoms with E-state index in [2.05, 4.69) is 31.1 Å². The van der Waals surface area contributed by atoms with E-state index in [-0.39, 0.29) is 24.5 Å². The number of ether oxygens (including phenoxy) is 1. The number of carbonyl (C=O) groups excluding carboxylic acids is 1. The molecule has 0 aliphatic rings. The van der Waals surface area contributed by atoms with E-state index in [4.69, 9.17) is 15.9 Å². The number of hydrogen-bond acceptors (Lipinski definition) is 5. The highest BCUT2D eigenvalue weighted by Crippen LogP contribution is 2.16. The normalized spacial score (nSPS) is 12.0. The van der Waals surface area contributed by atoms with Gasteiger partial charge in [-0.05, 0) is 43.0 Å². The van der Waals surface area contributed by atoms with Crippen molar-refractivity contribution in [2.24, 2.45) is 5.73 Å². The van der Waals surface area contributed by atoms with Crippen LogP contribution in [0.3, 0.4) is 0 Å². The average Bonchev–Trinajstić information content (AvgIpc) is 2.79. The van der Waals surface area contributed by atoms with Crippen LogP contribution in [0.25, 0.3) is 11.8 Å². The van der Waals surface area contributed by atoms with Crippen LogP contribution in [0.15, 0.2) is 78.7 Å². The summed E-state index contributed by atoms with van der Waals surface area (Å²) in [5, 5.41) is 11.2. The van der Waals surface area contributed by atoms with E-state index < -0.39 is 0 Å². The van der Waals surface area contributed by atoms with Gasteiger partial charge in [0.15, 0.2) is 0 Å². The van der Waals surface area contributed by atoms with E-state index in [9.17, 15) is 4.79 Å². The molecular formula is C26H31N3O2S. The van der Waals surface area contributed by atoms with Crippen molar-refractivity contribution in [3.8, 4) is 0 Å². The first-order valence-electron chi connectivity index (χ1n) is 10.6. The fourth-order valence-electron chi connectivity index (χ4n) is 3.18. The maximum Gasteiger partial charge on any atom is 0.251 e. The standard InChI is InChI=1S/C26H31N3O2S/c1-3-5-6-7-13-21(29-26(30)20-12-10-14-22(32)16-20)18-31-25(28)17-24(27)23-15-9-8-11-19(23)4-2/h3-4,8-12,14-17,21,28,32H,1-2,5-7,13,18,27H2,(H,29,30)/b24-17-,28-25?/t21-/m1/s1. The highest BCUT2D eigenvalue weighted by atomic mass is 32.1. The zero-order valence-corrected chi connectivity index (χ0v) is 19.1. The largest absolute Gasteiger partial charge is 0.476 e. The molecule has 4 N–H and O–H groups in total. The van der Waals surface area contributed by atoms with Crippen molar-refractivity contribution >= 4 is 36.2 Å². The predicted molar refractivity (Wildman–Crippen MR) is 136 cm³/mol. The Morgan fingerprint density at radius 3 is 2.69 bits per heavy atom. The van der Waals surface area contributed by atoms with Crippen molar-refractivity contribution in [3.63, 3.8) is 0 Å². The zero-order chi connectivity index (χ0) is 23.3. The molecule has 0 spiro atoms. The summed E-state index contributed by atoms with van der Waals surface area (Å²) in [6.45, 7) is 7.71. The number of nitrogens with two attached hydrogens (primary N) is 1. The van der Waals surface area contributed by atoms with E-state index in [1.807, 2.05) is 36.4 Å². The maximum atomic E-state index is 12.7. The Balaban J connectivity index is 2.02. The van der Waals surface area contributed by atoms with Gasteiger partial charge in [0, 0.05) is 27.8 Å². The maximum absolute atomic E-state index is 12.7. The minimum Gasteiger partial charge on any atom is -0.476 e. The van der Waals surface area contributed by atoms with Gasteiger partial charge >= 0.3 is 0 Å². The molecule has 0 unspecified atom stereocenters. The molecule has 5 nitrogen and oxygen atoms in total. The number of rotatable bonds is 12. The monoisotopic (exact) mass is 449 g/mol. The minimum atomic E-state index is -0.244. The summed E-state index contributed by atoms with van der Waals surface area (Å²) in [7, 11) is 0. The molecular weight excluding hydrogens is 418 g/mol. The molecule has 0 radical (unpaired) electrons. The summed E-state index contributed by atoms with van der Waals surface area (Å²) in [5.74, 6) is -0.260. The molecule has 168 valence electrons. The van der Waals surface area contributed by atoms with Gasteiger partial charge in [-0.2, -0.15) is 0 Å². The van der Waals surface area contributed by atoms with Crippen molar-refractivity contribution in [2.75, 3.05) is 6.61 Å². The Morgan fingerprint density at radius 1 is 1.19 bits per heavy atom. The number of carbonyl (C=O) groups is 1. The molecule has 0 heterocycles. The van der Waals surface area contributed by atoms with E-state index >= 15 is 0 Å². The first-order valence-corrected chi connectivity index (χ1v) is 11.0. The van der Waals surface area contributed by atoms with Crippen molar-refractivity contribution in [3.05, 3.63) is 90.5 Å². The third-order valence-corrected chi connectivity index (χ3v) is 5.15. The molecule has 0 saturated heterocycles. The number of hydrogen-bond donors (Lipinski definition) is 4. The summed E-state index contributed by atoms with van der Waals surface area (Å²) >= 11 is 4.30. The molecule has 2 aromatic rings. The lowest BCUT2D eigenvalue weighted by atomic mass is 10.0. The lowest BCUT2D eigenvalue weighted by molar-refractivity contribution is 0.0915. The zero-order valence-electron chi connectivity index (χ0n) is 18.2. The number of benzene rings is 2. The number of unbranched alkanes of at least 4 members (excludes halogenated alkanes) is 2. The second-order valence-electron chi connectivity index (χ2n) is 7.36. The molecule has 0 aliphatic heterocycles. The average molecular weight is 450 g/mol. The van der Waals surface area contributed by atoms with Crippen molar-refractivity contribution < 1.29 is 9.53 Å². The minimum absolute atomic E-state index is 0.0657. The SMILES string of the molecule is C=CCCCC[C@H](COC(=N)/C=C(\N)c1ccccc1C=C)NC(=O)c1cccc(S)c1. The second-order valence-corrected chi connectivity index (χ2v) is 7.88. The quantitative estimate of drug-likeness (QED) is 0.114. The molecule has 0 aromatic heterocycles. The van der Waals surface area contributed by atoms with Crippen LogP contribution in [0.1, 0.15) is 47.2 Å². The van der Waals surface area contributed by atoms with Crippen LogP contribution in [-0.4, -0.2) is 24.5 Å². The fourth-order valence-corrected chi connectivity index (χ4v) is 3.41. The number of thiol groups is 1. The highest BCUT2D eigenvalue weighted by molar-refractivity contribution is 7.80. The van der Waals surface area contributed by atoms with Crippen LogP contribution in [-0.2, 0) is 4.74 Å². The fraction of sp³-hybridized carbons (Fsp3) is 0.231. The smallest absolute Gasteiger partial charge is 0.251 e. The van der Waals surface area contributed by atoms with Gasteiger partial charge in [-0.15, -0.1) is 19.2 Å². The third kappa shape index (κ3) is 8.12. The lowest BCUT2D eigenvalue weighted by Gasteiger charge is -2.19. The van der Waals surface area contributed by atoms with Crippen LogP contribution in [0.2, 0.25) is 0 Å². The van der Waals surface area contributed by atoms with Gasteiger partial charge in [0.25, 0.3) is 5.91 Å². The van der Waals surface area contributed by atoms with E-state index in [0.717, 1.165) is 41.7 Å². The number of amides is 1. The molecule has 2 aromatic carbocycles. The Kier molecular flexibility index (Phi) is 10.3. The van der Waals surface area contributed by atoms with Crippen molar-refractivity contribution in [2.45, 2.75) is 36.6 Å². The molecule has 6 heteroatoms. The Hall–Kier alpha value is -3.25. The predicted octanol–water partition coefficient (Wildman–Crippen LogP) is 5.46. The van der Waals surface area contributed by atoms with Gasteiger partial charge < -0.3 is 15.8 Å². The molecule has 0 saturated carbocycles. The highest BCUT2D eigenvalue weighted by Gasteiger charge is 2.15. The Morgan fingerprint density at radius 2 is 1.97 bits per heavy atom. The topological polar surface area (TPSA) is 88.2 Å². The third-order valence-electron chi connectivity index (χ3n) is 4.87. The summed E-state index contributed by atoms with van der Waals surface area (Å²) in [4.78, 5) is 13.4. The van der Waals surface area contributed by atoms with Gasteiger partial charge in [0.1, 0.15) is 6.61 Å². The van der Waals surface area contributed by atoms with Gasteiger partial charge in [0.2, 0.25) is 5.90 Å². The van der Waals surface area contributed by atoms with Crippen LogP contribution in [0.4, 0.5) is 0 Å². The molecule has 2 rings (SSSR count). The molecule has 32 heavy (non-hydrogen) atoms. The van der Waals surface area contributed by atoms with Crippen molar-refractivity contribution in [1.29, 1.82) is 5.41 Å². The lowest BCUT2D eigenvalue weighted by Crippen LogP contribution is -2.38. The van der Waals surface area contributed by atoms with Gasteiger partial charge in [0.05, 0.1) is 6.04 Å². The van der Waals surface area contributed by atoms with Gasteiger partial charge in [-0.1, -0.05) is 55.5 Å². The van der Waals surface area contributed by atoms with E-state index in [1.165, 1.54) is 6.08 Å². The first-order chi connectivity index (χ1) is 15.4. The first kappa shape index (κ1) is 25.0. The van der Waals surface area contributed by atoms with Gasteiger partial charge in [-0.3, -0.25) is 10.2 Å². The number of allylic oxidation sites excluding steroid dienone is 1. The van der Waals surface area contributed by atoms with E-state index in [0.29, 0.717) is 11.3 Å². The van der Waals surface area contributed by atoms with Crippen molar-refractivity contribution in [1.82, 2.24) is 5.32 Å². The van der Waals surface area contributed by atoms with Crippen LogP contribution >= 0.6 is 12.6 Å². The van der Waals surface area contributed by atoms with Gasteiger partial charge in [-0.25, -0.2) is 0 Å². The molecule has 1 atom stereocenters. The summed E-state index contributed by atoms with van der Waals surface area (Å²) < 4.78 is 5.64. The molecule has 0 aliphatic carbocycles. The van der Waals surface area contributed by atoms with Crippen LogP contribution < -0.4 is 11.1 Å².